The average molecular weight is 489 g/mol. The Morgan fingerprint density at radius 1 is 1.30 bits per heavy atom. The fraction of sp³-hybridized carbons (Fsp3) is 0.560. The fourth-order valence-electron chi connectivity index (χ4n) is 5.72. The van der Waals surface area contributed by atoms with Gasteiger partial charge in [0.25, 0.3) is 5.91 Å². The normalized spacial score (nSPS) is 23.6. The van der Waals surface area contributed by atoms with Crippen LogP contribution >= 0.6 is 22.9 Å². The van der Waals surface area contributed by atoms with Gasteiger partial charge in [-0.15, -0.1) is 11.3 Å². The number of aromatic nitrogens is 1. The van der Waals surface area contributed by atoms with Crippen molar-refractivity contribution in [2.24, 2.45) is 10.8 Å². The van der Waals surface area contributed by atoms with E-state index in [9.17, 15) is 9.59 Å². The smallest absolute Gasteiger partial charge is 0.322 e. The van der Waals surface area contributed by atoms with Crippen molar-refractivity contribution in [3.63, 3.8) is 0 Å². The van der Waals surface area contributed by atoms with Gasteiger partial charge in [0.1, 0.15) is 10.7 Å². The minimum Gasteiger partial charge on any atom is -0.334 e. The highest BCUT2D eigenvalue weighted by Crippen LogP contribution is 2.52. The third-order valence-electron chi connectivity index (χ3n) is 6.71. The molecule has 2 aromatic rings. The van der Waals surface area contributed by atoms with Gasteiger partial charge < -0.3 is 15.1 Å². The molecule has 33 heavy (non-hydrogen) atoms. The summed E-state index contributed by atoms with van der Waals surface area (Å²) >= 11 is 7.47. The number of fused-ring (bicyclic) bond motifs is 2. The van der Waals surface area contributed by atoms with Gasteiger partial charge in [-0.1, -0.05) is 38.4 Å². The number of halogens is 1. The van der Waals surface area contributed by atoms with E-state index in [-0.39, 0.29) is 34.9 Å². The summed E-state index contributed by atoms with van der Waals surface area (Å²) in [6.45, 7) is 12.0. The van der Waals surface area contributed by atoms with E-state index in [0.717, 1.165) is 30.8 Å². The number of carbonyl (C=O) groups is 2. The molecule has 1 N–H and O–H groups in total. The lowest BCUT2D eigenvalue weighted by atomic mass is 9.65. The van der Waals surface area contributed by atoms with Crippen LogP contribution in [0.15, 0.2) is 29.6 Å². The highest BCUT2D eigenvalue weighted by molar-refractivity contribution is 7.09. The number of thiazole rings is 1. The Balaban J connectivity index is 1.45. The number of carbonyl (C=O) groups excluding carboxylic acids is 2. The van der Waals surface area contributed by atoms with Crippen molar-refractivity contribution in [2.45, 2.75) is 72.5 Å². The number of hydrogen-bond donors (Lipinski definition) is 1. The van der Waals surface area contributed by atoms with Crippen molar-refractivity contribution in [1.29, 1.82) is 0 Å². The van der Waals surface area contributed by atoms with Gasteiger partial charge in [0.2, 0.25) is 0 Å². The SMILES string of the molecule is CC(C)N(Cc1nc(C(=O)N2CC3(C)CC2CC(C)(C)C3)cs1)C(=O)Nc1cccc(Cl)c1. The van der Waals surface area contributed by atoms with E-state index >= 15 is 0 Å². The highest BCUT2D eigenvalue weighted by Gasteiger charge is 2.51. The molecule has 1 aliphatic carbocycles. The van der Waals surface area contributed by atoms with Crippen LogP contribution in [0.4, 0.5) is 10.5 Å². The van der Waals surface area contributed by atoms with E-state index in [1.165, 1.54) is 11.3 Å². The summed E-state index contributed by atoms with van der Waals surface area (Å²) in [6.07, 6.45) is 3.26. The number of hydrogen-bond acceptors (Lipinski definition) is 4. The van der Waals surface area contributed by atoms with Gasteiger partial charge in [-0.25, -0.2) is 9.78 Å². The van der Waals surface area contributed by atoms with Crippen LogP contribution in [0.1, 0.15) is 69.4 Å². The molecule has 1 aliphatic heterocycles. The molecule has 1 saturated heterocycles. The number of anilines is 1. The van der Waals surface area contributed by atoms with Crippen LogP contribution in [-0.4, -0.2) is 45.4 Å². The Morgan fingerprint density at radius 2 is 2.06 bits per heavy atom. The molecule has 2 unspecified atom stereocenters. The Hall–Kier alpha value is -2.12. The minimum atomic E-state index is -0.223. The summed E-state index contributed by atoms with van der Waals surface area (Å²) in [6, 6.07) is 7.10. The first-order chi connectivity index (χ1) is 15.4. The topological polar surface area (TPSA) is 65.5 Å². The van der Waals surface area contributed by atoms with Crippen molar-refractivity contribution >= 4 is 40.6 Å². The summed E-state index contributed by atoms with van der Waals surface area (Å²) < 4.78 is 0. The lowest BCUT2D eigenvalue weighted by Crippen LogP contribution is -2.39. The predicted molar refractivity (Wildman–Crippen MR) is 134 cm³/mol. The van der Waals surface area contributed by atoms with E-state index in [4.69, 9.17) is 11.6 Å². The molecule has 4 rings (SSSR count). The Morgan fingerprint density at radius 3 is 2.76 bits per heavy atom. The molecule has 178 valence electrons. The summed E-state index contributed by atoms with van der Waals surface area (Å²) in [5.41, 5.74) is 1.58. The zero-order chi connectivity index (χ0) is 24.0. The molecule has 3 amide bonds. The summed E-state index contributed by atoms with van der Waals surface area (Å²) in [7, 11) is 0. The maximum Gasteiger partial charge on any atom is 0.322 e. The molecular weight excluding hydrogens is 456 g/mol. The summed E-state index contributed by atoms with van der Waals surface area (Å²) in [5.74, 6) is 0.0170. The fourth-order valence-corrected chi connectivity index (χ4v) is 6.68. The molecule has 2 bridgehead atoms. The Bertz CT molecular complexity index is 1050. The van der Waals surface area contributed by atoms with Gasteiger partial charge in [-0.3, -0.25) is 4.79 Å². The van der Waals surface area contributed by atoms with Crippen LogP contribution in [0, 0.1) is 10.8 Å². The molecule has 2 aliphatic rings. The number of amides is 3. The van der Waals surface area contributed by atoms with Crippen LogP contribution < -0.4 is 5.32 Å². The Kier molecular flexibility index (Phi) is 6.49. The maximum absolute atomic E-state index is 13.3. The van der Waals surface area contributed by atoms with Gasteiger partial charge in [0.05, 0.1) is 6.54 Å². The van der Waals surface area contributed by atoms with Crippen LogP contribution in [-0.2, 0) is 6.54 Å². The van der Waals surface area contributed by atoms with E-state index < -0.39 is 0 Å². The molecule has 2 heterocycles. The van der Waals surface area contributed by atoms with Gasteiger partial charge >= 0.3 is 6.03 Å². The second-order valence-electron chi connectivity index (χ2n) is 10.9. The van der Waals surface area contributed by atoms with Crippen molar-refractivity contribution in [2.75, 3.05) is 11.9 Å². The highest BCUT2D eigenvalue weighted by atomic mass is 35.5. The molecule has 0 radical (unpaired) electrons. The molecule has 2 fully saturated rings. The zero-order valence-corrected chi connectivity index (χ0v) is 21.6. The summed E-state index contributed by atoms with van der Waals surface area (Å²) in [4.78, 5) is 34.7. The van der Waals surface area contributed by atoms with Crippen LogP contribution in [0.2, 0.25) is 5.02 Å². The molecule has 6 nitrogen and oxygen atoms in total. The quantitative estimate of drug-likeness (QED) is 0.538. The lowest BCUT2D eigenvalue weighted by molar-refractivity contribution is 0.0703. The standard InChI is InChI=1S/C25H33ClN4O2S/c1-16(2)29(23(32)27-18-8-6-7-17(26)9-18)12-21-28-20(13-33-21)22(31)30-15-25(5)11-19(30)10-24(3,4)14-25/h6-9,13,16,19H,10-12,14-15H2,1-5H3,(H,27,32). The van der Waals surface area contributed by atoms with E-state index in [2.05, 4.69) is 31.1 Å². The van der Waals surface area contributed by atoms with E-state index in [1.807, 2.05) is 24.1 Å². The van der Waals surface area contributed by atoms with Crippen molar-refractivity contribution in [3.8, 4) is 0 Å². The first-order valence-corrected chi connectivity index (χ1v) is 12.8. The third kappa shape index (κ3) is 5.35. The number of rotatable bonds is 5. The van der Waals surface area contributed by atoms with Gasteiger partial charge in [-0.05, 0) is 62.1 Å². The van der Waals surface area contributed by atoms with Crippen molar-refractivity contribution in [1.82, 2.24) is 14.8 Å². The number of nitrogens with one attached hydrogen (secondary N) is 1. The van der Waals surface area contributed by atoms with Crippen molar-refractivity contribution in [3.05, 3.63) is 45.4 Å². The molecule has 1 aromatic heterocycles. The largest absolute Gasteiger partial charge is 0.334 e. The number of nitrogens with zero attached hydrogens (tertiary/aromatic N) is 3. The third-order valence-corrected chi connectivity index (χ3v) is 7.78. The lowest BCUT2D eigenvalue weighted by Gasteiger charge is -2.39. The molecular formula is C25H33ClN4O2S. The van der Waals surface area contributed by atoms with Gasteiger partial charge in [-0.2, -0.15) is 0 Å². The zero-order valence-electron chi connectivity index (χ0n) is 20.0. The molecule has 1 saturated carbocycles. The van der Waals surface area contributed by atoms with Gasteiger partial charge in [0, 0.05) is 34.7 Å². The van der Waals surface area contributed by atoms with Crippen LogP contribution in [0.25, 0.3) is 0 Å². The van der Waals surface area contributed by atoms with E-state index in [0.29, 0.717) is 22.9 Å². The maximum atomic E-state index is 13.3. The second-order valence-corrected chi connectivity index (χ2v) is 12.3. The molecule has 8 heteroatoms. The second kappa shape index (κ2) is 8.91. The van der Waals surface area contributed by atoms with Crippen LogP contribution in [0.3, 0.4) is 0 Å². The number of likely N-dealkylation sites (tertiary alicyclic amines) is 1. The minimum absolute atomic E-state index is 0.0170. The van der Waals surface area contributed by atoms with E-state index in [1.54, 1.807) is 29.2 Å². The first-order valence-electron chi connectivity index (χ1n) is 11.5. The number of urea groups is 1. The predicted octanol–water partition coefficient (Wildman–Crippen LogP) is 6.28. The molecule has 2 atom stereocenters. The first kappa shape index (κ1) is 24.0. The molecule has 0 spiro atoms. The monoisotopic (exact) mass is 488 g/mol. The Labute approximate surface area is 205 Å². The molecule has 1 aromatic carbocycles. The van der Waals surface area contributed by atoms with Crippen LogP contribution in [0.5, 0.6) is 0 Å². The average Bonchev–Trinajstić information content (AvgIpc) is 3.26. The van der Waals surface area contributed by atoms with Crippen molar-refractivity contribution < 1.29 is 9.59 Å². The summed E-state index contributed by atoms with van der Waals surface area (Å²) in [5, 5.41) is 6.05. The van der Waals surface area contributed by atoms with Gasteiger partial charge in [0.15, 0.2) is 0 Å². The number of benzene rings is 1.